The minimum absolute atomic E-state index is 0.0322. The van der Waals surface area contributed by atoms with Crippen molar-refractivity contribution in [3.05, 3.63) is 51.7 Å². The van der Waals surface area contributed by atoms with Gasteiger partial charge in [-0.15, -0.1) is 11.3 Å². The second kappa shape index (κ2) is 7.99. The highest BCUT2D eigenvalue weighted by Gasteiger charge is 2.41. The number of carbonyl (C=O) groups excluding carboxylic acids is 1. The minimum Gasteiger partial charge on any atom is -0.366 e. The van der Waals surface area contributed by atoms with E-state index in [9.17, 15) is 18.0 Å². The summed E-state index contributed by atoms with van der Waals surface area (Å²) in [6.45, 7) is 1.30. The summed E-state index contributed by atoms with van der Waals surface area (Å²) in [5.74, 6) is 1.36. The lowest BCUT2D eigenvalue weighted by atomic mass is 9.84. The largest absolute Gasteiger partial charge is 0.416 e. The van der Waals surface area contributed by atoms with Crippen LogP contribution in [-0.2, 0) is 23.8 Å². The highest BCUT2D eigenvalue weighted by molar-refractivity contribution is 7.99. The summed E-state index contributed by atoms with van der Waals surface area (Å²) in [7, 11) is 0. The van der Waals surface area contributed by atoms with E-state index in [1.807, 2.05) is 17.5 Å². The number of thioether (sulfide) groups is 1. The fourth-order valence-electron chi connectivity index (χ4n) is 4.00. The molecular formula is C20H21F3N2OS2. The van der Waals surface area contributed by atoms with Gasteiger partial charge in [0.05, 0.1) is 11.5 Å². The summed E-state index contributed by atoms with van der Waals surface area (Å²) < 4.78 is 39.5. The van der Waals surface area contributed by atoms with Gasteiger partial charge in [0, 0.05) is 41.2 Å². The molecule has 150 valence electrons. The Morgan fingerprint density at radius 1 is 1.29 bits per heavy atom. The van der Waals surface area contributed by atoms with Gasteiger partial charge in [0.15, 0.2) is 0 Å². The number of hydrogen-bond donors (Lipinski definition) is 1. The topological polar surface area (TPSA) is 32.3 Å². The Bertz CT molecular complexity index is 838. The van der Waals surface area contributed by atoms with Gasteiger partial charge >= 0.3 is 6.18 Å². The molecule has 2 atom stereocenters. The molecule has 2 aliphatic heterocycles. The summed E-state index contributed by atoms with van der Waals surface area (Å²) in [6.07, 6.45) is -3.25. The number of rotatable bonds is 4. The number of fused-ring (bicyclic) bond motifs is 3. The first kappa shape index (κ1) is 19.6. The molecule has 1 fully saturated rings. The Morgan fingerprint density at radius 3 is 2.89 bits per heavy atom. The number of anilines is 1. The van der Waals surface area contributed by atoms with E-state index in [1.165, 1.54) is 10.9 Å². The van der Waals surface area contributed by atoms with E-state index in [0.717, 1.165) is 36.2 Å². The van der Waals surface area contributed by atoms with Crippen LogP contribution < -0.4 is 10.2 Å². The number of hydrogen-bond acceptors (Lipinski definition) is 4. The zero-order chi connectivity index (χ0) is 19.7. The molecule has 1 aromatic heterocycles. The molecule has 0 aliphatic carbocycles. The van der Waals surface area contributed by atoms with Crippen molar-refractivity contribution in [2.24, 2.45) is 5.92 Å². The fourth-order valence-corrected chi connectivity index (χ4v) is 5.85. The van der Waals surface area contributed by atoms with Crippen LogP contribution in [0.2, 0.25) is 0 Å². The zero-order valence-electron chi connectivity index (χ0n) is 15.2. The Kier molecular flexibility index (Phi) is 5.60. The molecule has 8 heteroatoms. The van der Waals surface area contributed by atoms with Crippen molar-refractivity contribution in [2.75, 3.05) is 29.5 Å². The van der Waals surface area contributed by atoms with E-state index in [4.69, 9.17) is 0 Å². The van der Waals surface area contributed by atoms with Gasteiger partial charge in [-0.05, 0) is 48.1 Å². The van der Waals surface area contributed by atoms with Gasteiger partial charge in [-0.25, -0.2) is 0 Å². The predicted molar refractivity (Wildman–Crippen MR) is 108 cm³/mol. The van der Waals surface area contributed by atoms with Crippen LogP contribution in [0.3, 0.4) is 0 Å². The molecular weight excluding hydrogens is 405 g/mol. The van der Waals surface area contributed by atoms with Gasteiger partial charge in [-0.3, -0.25) is 4.79 Å². The molecule has 4 rings (SSSR count). The Hall–Kier alpha value is -1.67. The number of amides is 1. The molecule has 1 aromatic carbocycles. The number of benzene rings is 1. The highest BCUT2D eigenvalue weighted by Crippen LogP contribution is 2.40. The predicted octanol–water partition coefficient (Wildman–Crippen LogP) is 4.22. The molecule has 1 amide bonds. The number of halogens is 3. The van der Waals surface area contributed by atoms with E-state index in [1.54, 1.807) is 29.2 Å². The fraction of sp³-hybridized carbons (Fsp3) is 0.450. The highest BCUT2D eigenvalue weighted by atomic mass is 32.2. The van der Waals surface area contributed by atoms with Crippen LogP contribution in [-0.4, -0.2) is 36.5 Å². The summed E-state index contributed by atoms with van der Waals surface area (Å²) in [5.41, 5.74) is 0.824. The van der Waals surface area contributed by atoms with E-state index in [-0.39, 0.29) is 17.9 Å². The molecule has 1 saturated heterocycles. The molecule has 1 N–H and O–H groups in total. The molecule has 0 radical (unpaired) electrons. The van der Waals surface area contributed by atoms with Crippen LogP contribution in [0.4, 0.5) is 18.9 Å². The first-order chi connectivity index (χ1) is 13.4. The molecule has 3 nitrogen and oxygen atoms in total. The number of carbonyl (C=O) groups is 1. The quantitative estimate of drug-likeness (QED) is 0.795. The van der Waals surface area contributed by atoms with Gasteiger partial charge in [0.2, 0.25) is 5.91 Å². The summed E-state index contributed by atoms with van der Waals surface area (Å²) in [6, 6.07) is 8.00. The summed E-state index contributed by atoms with van der Waals surface area (Å²) >= 11 is 3.46. The van der Waals surface area contributed by atoms with E-state index in [0.29, 0.717) is 18.5 Å². The average molecular weight is 427 g/mol. The van der Waals surface area contributed by atoms with Crippen molar-refractivity contribution in [3.8, 4) is 0 Å². The first-order valence-electron chi connectivity index (χ1n) is 9.28. The SMILES string of the molecule is O=C(NCCc1cccs1)[C@H]1Cc2cc(C(F)(F)F)ccc2N2CCSC[C@@H]12. The molecule has 0 bridgehead atoms. The number of thiophene rings is 1. The second-order valence-electron chi connectivity index (χ2n) is 7.11. The lowest BCUT2D eigenvalue weighted by Gasteiger charge is -2.45. The van der Waals surface area contributed by atoms with Crippen LogP contribution in [0.5, 0.6) is 0 Å². The Balaban J connectivity index is 1.53. The third-order valence-corrected chi connectivity index (χ3v) is 7.36. The number of alkyl halides is 3. The van der Waals surface area contributed by atoms with Crippen LogP contribution in [0.1, 0.15) is 16.0 Å². The summed E-state index contributed by atoms with van der Waals surface area (Å²) in [5, 5.41) is 5.01. The maximum atomic E-state index is 13.2. The summed E-state index contributed by atoms with van der Waals surface area (Å²) in [4.78, 5) is 16.3. The van der Waals surface area contributed by atoms with Gasteiger partial charge in [-0.2, -0.15) is 24.9 Å². The molecule has 0 spiro atoms. The zero-order valence-corrected chi connectivity index (χ0v) is 16.8. The molecule has 0 unspecified atom stereocenters. The average Bonchev–Trinajstić information content (AvgIpc) is 3.19. The molecule has 0 saturated carbocycles. The number of nitrogens with one attached hydrogen (secondary N) is 1. The van der Waals surface area contributed by atoms with Crippen LogP contribution in [0.15, 0.2) is 35.7 Å². The van der Waals surface area contributed by atoms with Crippen molar-refractivity contribution in [2.45, 2.75) is 25.1 Å². The van der Waals surface area contributed by atoms with Crippen LogP contribution >= 0.6 is 23.1 Å². The van der Waals surface area contributed by atoms with E-state index >= 15 is 0 Å². The first-order valence-corrected chi connectivity index (χ1v) is 11.3. The maximum Gasteiger partial charge on any atom is 0.416 e. The third-order valence-electron chi connectivity index (χ3n) is 5.37. The van der Waals surface area contributed by atoms with Crippen molar-refractivity contribution in [1.29, 1.82) is 0 Å². The molecule has 2 aliphatic rings. The van der Waals surface area contributed by atoms with Crippen molar-refractivity contribution in [1.82, 2.24) is 5.32 Å². The van der Waals surface area contributed by atoms with Gasteiger partial charge in [0.1, 0.15) is 0 Å². The van der Waals surface area contributed by atoms with Crippen LogP contribution in [0.25, 0.3) is 0 Å². The Labute approximate surface area is 170 Å². The minimum atomic E-state index is -4.37. The van der Waals surface area contributed by atoms with E-state index < -0.39 is 11.7 Å². The molecule has 2 aromatic rings. The van der Waals surface area contributed by atoms with Crippen molar-refractivity contribution in [3.63, 3.8) is 0 Å². The smallest absolute Gasteiger partial charge is 0.366 e. The van der Waals surface area contributed by atoms with Crippen molar-refractivity contribution >= 4 is 34.7 Å². The van der Waals surface area contributed by atoms with Crippen LogP contribution in [0, 0.1) is 5.92 Å². The van der Waals surface area contributed by atoms with Gasteiger partial charge in [-0.1, -0.05) is 6.07 Å². The van der Waals surface area contributed by atoms with Crippen molar-refractivity contribution < 1.29 is 18.0 Å². The lowest BCUT2D eigenvalue weighted by molar-refractivity contribution is -0.137. The monoisotopic (exact) mass is 426 g/mol. The second-order valence-corrected chi connectivity index (χ2v) is 9.29. The Morgan fingerprint density at radius 2 is 2.14 bits per heavy atom. The van der Waals surface area contributed by atoms with E-state index in [2.05, 4.69) is 10.2 Å². The third kappa shape index (κ3) is 4.03. The van der Waals surface area contributed by atoms with Gasteiger partial charge < -0.3 is 10.2 Å². The lowest BCUT2D eigenvalue weighted by Crippen LogP contribution is -2.55. The standard InChI is InChI=1S/C20H21F3N2OS2/c21-20(22,23)14-3-4-17-13(10-14)11-16(18-12-27-9-7-25(17)18)19(26)24-6-5-15-2-1-8-28-15/h1-4,8,10,16,18H,5-7,9,11-12H2,(H,24,26)/t16-,18-/m0/s1. The maximum absolute atomic E-state index is 13.2. The molecule has 3 heterocycles. The normalized spacial score (nSPS) is 21.8. The van der Waals surface area contributed by atoms with Gasteiger partial charge in [0.25, 0.3) is 0 Å². The number of nitrogens with zero attached hydrogens (tertiary/aromatic N) is 1. The molecule has 28 heavy (non-hydrogen) atoms.